The molecule has 3 aromatic rings. The number of carboxylic acid groups (broad SMARTS) is 1. The fraction of sp³-hybridized carbons (Fsp3) is 0.286. The molecule has 1 aliphatic heterocycles. The van der Waals surface area contributed by atoms with Crippen molar-refractivity contribution < 1.29 is 9.90 Å². The van der Waals surface area contributed by atoms with E-state index < -0.39 is 5.97 Å². The highest BCUT2D eigenvalue weighted by Gasteiger charge is 2.27. The summed E-state index contributed by atoms with van der Waals surface area (Å²) in [6.07, 6.45) is 3.15. The molecule has 1 aromatic heterocycles. The Bertz CT molecular complexity index is 948. The quantitative estimate of drug-likeness (QED) is 0.778. The summed E-state index contributed by atoms with van der Waals surface area (Å²) in [7, 11) is 0. The Balaban J connectivity index is 1.85. The van der Waals surface area contributed by atoms with Gasteiger partial charge in [0, 0.05) is 13.1 Å². The van der Waals surface area contributed by atoms with Crippen LogP contribution >= 0.6 is 0 Å². The molecule has 5 nitrogen and oxygen atoms in total. The first-order chi connectivity index (χ1) is 12.6. The lowest BCUT2D eigenvalue weighted by molar-refractivity contribution is -0.141. The van der Waals surface area contributed by atoms with E-state index >= 15 is 0 Å². The Morgan fingerprint density at radius 3 is 2.73 bits per heavy atom. The van der Waals surface area contributed by atoms with Crippen LogP contribution in [0.3, 0.4) is 0 Å². The second kappa shape index (κ2) is 6.75. The number of hydrogen-bond acceptors (Lipinski definition) is 4. The first kappa shape index (κ1) is 16.5. The molecule has 0 amide bonds. The average Bonchev–Trinajstić information content (AvgIpc) is 2.68. The van der Waals surface area contributed by atoms with Crippen LogP contribution in [0.1, 0.15) is 18.4 Å². The Morgan fingerprint density at radius 1 is 1.15 bits per heavy atom. The van der Waals surface area contributed by atoms with E-state index in [0.717, 1.165) is 47.2 Å². The molecule has 1 saturated heterocycles. The topological polar surface area (TPSA) is 66.3 Å². The summed E-state index contributed by atoms with van der Waals surface area (Å²) < 4.78 is 0. The number of piperidine rings is 1. The van der Waals surface area contributed by atoms with Crippen LogP contribution in [0.25, 0.3) is 22.0 Å². The largest absolute Gasteiger partial charge is 0.481 e. The first-order valence-electron chi connectivity index (χ1n) is 8.92. The van der Waals surface area contributed by atoms with Crippen molar-refractivity contribution in [2.24, 2.45) is 5.92 Å². The van der Waals surface area contributed by atoms with Gasteiger partial charge in [0.1, 0.15) is 12.1 Å². The monoisotopic (exact) mass is 347 g/mol. The van der Waals surface area contributed by atoms with E-state index in [2.05, 4.69) is 52.1 Å². The molecule has 0 spiro atoms. The summed E-state index contributed by atoms with van der Waals surface area (Å²) in [4.78, 5) is 22.5. The average molecular weight is 347 g/mol. The second-order valence-electron chi connectivity index (χ2n) is 6.89. The van der Waals surface area contributed by atoms with Gasteiger partial charge in [-0.1, -0.05) is 42.0 Å². The Kier molecular flexibility index (Phi) is 4.29. The third-order valence-electron chi connectivity index (χ3n) is 5.08. The number of nitrogens with zero attached hydrogens (tertiary/aromatic N) is 3. The van der Waals surface area contributed by atoms with Crippen LogP contribution in [0, 0.1) is 12.8 Å². The van der Waals surface area contributed by atoms with Gasteiger partial charge < -0.3 is 10.0 Å². The molecule has 5 heteroatoms. The molecule has 0 radical (unpaired) electrons. The van der Waals surface area contributed by atoms with Crippen molar-refractivity contribution in [2.75, 3.05) is 18.0 Å². The van der Waals surface area contributed by atoms with Gasteiger partial charge in [0.25, 0.3) is 0 Å². The molecule has 132 valence electrons. The van der Waals surface area contributed by atoms with Crippen LogP contribution in [0.5, 0.6) is 0 Å². The maximum absolute atomic E-state index is 11.5. The van der Waals surface area contributed by atoms with Crippen molar-refractivity contribution in [3.63, 3.8) is 0 Å². The predicted octanol–water partition coefficient (Wildman–Crippen LogP) is 3.91. The molecule has 26 heavy (non-hydrogen) atoms. The van der Waals surface area contributed by atoms with E-state index in [0.29, 0.717) is 6.54 Å². The molecule has 0 bridgehead atoms. The maximum Gasteiger partial charge on any atom is 0.308 e. The molecule has 0 aliphatic carbocycles. The summed E-state index contributed by atoms with van der Waals surface area (Å²) in [5.41, 5.74) is 4.29. The molecule has 2 aromatic carbocycles. The predicted molar refractivity (Wildman–Crippen MR) is 102 cm³/mol. The Morgan fingerprint density at radius 2 is 1.96 bits per heavy atom. The van der Waals surface area contributed by atoms with Crippen LogP contribution < -0.4 is 4.90 Å². The number of anilines is 1. The van der Waals surface area contributed by atoms with Crippen molar-refractivity contribution in [1.29, 1.82) is 0 Å². The highest BCUT2D eigenvalue weighted by molar-refractivity contribution is 6.02. The van der Waals surface area contributed by atoms with Crippen molar-refractivity contribution in [1.82, 2.24) is 9.97 Å². The molecule has 4 rings (SSSR count). The maximum atomic E-state index is 11.5. The van der Waals surface area contributed by atoms with Gasteiger partial charge in [-0.3, -0.25) is 4.79 Å². The molecule has 2 heterocycles. The zero-order chi connectivity index (χ0) is 18.1. The molecule has 1 aliphatic rings. The SMILES string of the molecule is Cc1ccc(-c2cccc3ncnc(N4CCC[C@H](C(=O)O)C4)c23)cc1. The van der Waals surface area contributed by atoms with Gasteiger partial charge in [0.05, 0.1) is 16.8 Å². The van der Waals surface area contributed by atoms with E-state index in [-0.39, 0.29) is 5.92 Å². The number of benzene rings is 2. The summed E-state index contributed by atoms with van der Waals surface area (Å²) in [5.74, 6) is -0.246. The van der Waals surface area contributed by atoms with Crippen molar-refractivity contribution in [3.8, 4) is 11.1 Å². The van der Waals surface area contributed by atoms with Gasteiger partial charge in [-0.25, -0.2) is 9.97 Å². The van der Waals surface area contributed by atoms with Crippen molar-refractivity contribution in [2.45, 2.75) is 19.8 Å². The van der Waals surface area contributed by atoms with Crippen molar-refractivity contribution >= 4 is 22.7 Å². The highest BCUT2D eigenvalue weighted by Crippen LogP contribution is 2.35. The van der Waals surface area contributed by atoms with Gasteiger partial charge in [-0.15, -0.1) is 0 Å². The minimum absolute atomic E-state index is 0.347. The number of aliphatic carboxylic acids is 1. The smallest absolute Gasteiger partial charge is 0.308 e. The minimum atomic E-state index is -0.730. The van der Waals surface area contributed by atoms with E-state index in [9.17, 15) is 9.90 Å². The number of carboxylic acids is 1. The number of aromatic nitrogens is 2. The van der Waals surface area contributed by atoms with E-state index in [4.69, 9.17) is 0 Å². The lowest BCUT2D eigenvalue weighted by Gasteiger charge is -2.32. The molecule has 0 saturated carbocycles. The zero-order valence-corrected chi connectivity index (χ0v) is 14.7. The zero-order valence-electron chi connectivity index (χ0n) is 14.7. The molecule has 1 N–H and O–H groups in total. The van der Waals surface area contributed by atoms with Gasteiger partial charge in [-0.05, 0) is 37.0 Å². The van der Waals surface area contributed by atoms with Crippen LogP contribution in [0.2, 0.25) is 0 Å². The number of aryl methyl sites for hydroxylation is 1. The molecular formula is C21H21N3O2. The van der Waals surface area contributed by atoms with Crippen LogP contribution in [0.15, 0.2) is 48.8 Å². The Hall–Kier alpha value is -2.95. The molecule has 0 unspecified atom stereocenters. The van der Waals surface area contributed by atoms with E-state index in [1.807, 2.05) is 12.1 Å². The first-order valence-corrected chi connectivity index (χ1v) is 8.92. The standard InChI is InChI=1S/C21H21N3O2/c1-14-7-9-15(10-8-14)17-5-2-6-18-19(17)20(23-13-22-18)24-11-3-4-16(12-24)21(25)26/h2,5-10,13,16H,3-4,11-12H2,1H3,(H,25,26)/t16-/m0/s1. The summed E-state index contributed by atoms with van der Waals surface area (Å²) in [6.45, 7) is 3.38. The normalized spacial score (nSPS) is 17.4. The third kappa shape index (κ3) is 3.01. The second-order valence-corrected chi connectivity index (χ2v) is 6.89. The summed E-state index contributed by atoms with van der Waals surface area (Å²) in [5, 5.41) is 10.4. The lowest BCUT2D eigenvalue weighted by atomic mass is 9.96. The van der Waals surface area contributed by atoms with Gasteiger partial charge >= 0.3 is 5.97 Å². The van der Waals surface area contributed by atoms with Crippen LogP contribution in [-0.4, -0.2) is 34.1 Å². The number of fused-ring (bicyclic) bond motifs is 1. The fourth-order valence-corrected chi connectivity index (χ4v) is 3.68. The van der Waals surface area contributed by atoms with Gasteiger partial charge in [0.15, 0.2) is 0 Å². The number of hydrogen-bond donors (Lipinski definition) is 1. The summed E-state index contributed by atoms with van der Waals surface area (Å²) >= 11 is 0. The lowest BCUT2D eigenvalue weighted by Crippen LogP contribution is -2.39. The third-order valence-corrected chi connectivity index (χ3v) is 5.08. The van der Waals surface area contributed by atoms with Gasteiger partial charge in [0.2, 0.25) is 0 Å². The minimum Gasteiger partial charge on any atom is -0.481 e. The van der Waals surface area contributed by atoms with E-state index in [1.165, 1.54) is 5.56 Å². The van der Waals surface area contributed by atoms with Crippen LogP contribution in [-0.2, 0) is 4.79 Å². The van der Waals surface area contributed by atoms with Crippen molar-refractivity contribution in [3.05, 3.63) is 54.4 Å². The van der Waals surface area contributed by atoms with E-state index in [1.54, 1.807) is 6.33 Å². The molecule has 1 atom stereocenters. The number of carbonyl (C=O) groups is 1. The highest BCUT2D eigenvalue weighted by atomic mass is 16.4. The van der Waals surface area contributed by atoms with Gasteiger partial charge in [-0.2, -0.15) is 0 Å². The summed E-state index contributed by atoms with van der Waals surface area (Å²) in [6, 6.07) is 14.5. The van der Waals surface area contributed by atoms with Crippen LogP contribution in [0.4, 0.5) is 5.82 Å². The fourth-order valence-electron chi connectivity index (χ4n) is 3.68. The molecule has 1 fully saturated rings. The molecular weight excluding hydrogens is 326 g/mol. The Labute approximate surface area is 152 Å². The number of rotatable bonds is 3.